The van der Waals surface area contributed by atoms with Gasteiger partial charge in [0.25, 0.3) is 0 Å². The second kappa shape index (κ2) is 8.06. The van der Waals surface area contributed by atoms with Crippen molar-refractivity contribution in [3.63, 3.8) is 0 Å². The van der Waals surface area contributed by atoms with E-state index in [2.05, 4.69) is 22.2 Å². The number of nitrogens with one attached hydrogen (secondary N) is 1. The van der Waals surface area contributed by atoms with Crippen LogP contribution in [0, 0.1) is 5.92 Å². The van der Waals surface area contributed by atoms with E-state index < -0.39 is 0 Å². The van der Waals surface area contributed by atoms with Crippen molar-refractivity contribution in [3.8, 4) is 0 Å². The third kappa shape index (κ3) is 4.08. The van der Waals surface area contributed by atoms with Crippen LogP contribution < -0.4 is 11.1 Å². The molecule has 28 heavy (non-hydrogen) atoms. The lowest BCUT2D eigenvalue weighted by Gasteiger charge is -2.17. The second-order valence-electron chi connectivity index (χ2n) is 6.88. The highest BCUT2D eigenvalue weighted by Gasteiger charge is 2.23. The first-order valence-electron chi connectivity index (χ1n) is 8.86. The summed E-state index contributed by atoms with van der Waals surface area (Å²) in [6.45, 7) is 2.27. The molecule has 2 aromatic heterocycles. The molecule has 1 aromatic carbocycles. The van der Waals surface area contributed by atoms with E-state index in [-0.39, 0.29) is 11.7 Å². The molecule has 4 rings (SSSR count). The number of hydrogen-bond acceptors (Lipinski definition) is 6. The fourth-order valence-corrected chi connectivity index (χ4v) is 5.88. The number of hydrogen-bond donors (Lipinski definition) is 2. The van der Waals surface area contributed by atoms with Gasteiger partial charge in [-0.1, -0.05) is 41.9 Å². The molecule has 3 aromatic rings. The Balaban J connectivity index is 1.48. The zero-order valence-electron chi connectivity index (χ0n) is 15.1. The number of carbonyl (C=O) groups excluding carboxylic acids is 1. The summed E-state index contributed by atoms with van der Waals surface area (Å²) >= 11 is 14.9. The molecule has 0 saturated carbocycles. The lowest BCUT2D eigenvalue weighted by molar-refractivity contribution is -0.113. The van der Waals surface area contributed by atoms with Crippen LogP contribution in [-0.2, 0) is 17.6 Å². The van der Waals surface area contributed by atoms with Crippen LogP contribution in [0.4, 0.5) is 11.5 Å². The van der Waals surface area contributed by atoms with Crippen LogP contribution >= 0.6 is 46.3 Å². The number of rotatable bonds is 4. The van der Waals surface area contributed by atoms with E-state index in [1.807, 2.05) is 0 Å². The van der Waals surface area contributed by atoms with Gasteiger partial charge >= 0.3 is 0 Å². The van der Waals surface area contributed by atoms with Crippen LogP contribution in [0.15, 0.2) is 23.4 Å². The van der Waals surface area contributed by atoms with E-state index in [9.17, 15) is 4.79 Å². The number of carbonyl (C=O) groups is 1. The normalized spacial score (nSPS) is 16.2. The van der Waals surface area contributed by atoms with Crippen molar-refractivity contribution in [1.82, 2.24) is 9.97 Å². The van der Waals surface area contributed by atoms with Crippen molar-refractivity contribution in [2.24, 2.45) is 5.92 Å². The summed E-state index contributed by atoms with van der Waals surface area (Å²) in [5.74, 6) is 1.15. The third-order valence-electron chi connectivity index (χ3n) is 4.70. The number of fused-ring (bicyclic) bond motifs is 3. The molecular formula is C19H18Cl2N4OS2. The number of aryl methyl sites for hydroxylation is 1. The average Bonchev–Trinajstić information content (AvgIpc) is 3.00. The van der Waals surface area contributed by atoms with Gasteiger partial charge in [-0.25, -0.2) is 9.97 Å². The minimum atomic E-state index is -0.198. The fourth-order valence-electron chi connectivity index (χ4n) is 3.32. The lowest BCUT2D eigenvalue weighted by atomic mass is 9.89. The number of nitrogens with two attached hydrogens (primary N) is 1. The van der Waals surface area contributed by atoms with E-state index in [1.54, 1.807) is 29.5 Å². The Morgan fingerprint density at radius 2 is 2.21 bits per heavy atom. The van der Waals surface area contributed by atoms with Crippen LogP contribution in [0.3, 0.4) is 0 Å². The molecule has 0 aliphatic heterocycles. The first-order chi connectivity index (χ1) is 13.4. The van der Waals surface area contributed by atoms with Crippen molar-refractivity contribution in [2.45, 2.75) is 31.3 Å². The summed E-state index contributed by atoms with van der Waals surface area (Å²) in [7, 11) is 0. The van der Waals surface area contributed by atoms with Gasteiger partial charge in [0.15, 0.2) is 5.16 Å². The standard InChI is InChI=1S/C19H18Cl2N4OS2/c1-9-2-4-11-14(6-9)28-18-16(11)17(22)24-19(25-18)27-8-15(26)23-13-5-3-10(20)7-12(13)21/h3,5,7,9H,2,4,6,8H2,1H3,(H,23,26)(H2,22,24,25)/t9-/m1/s1. The molecule has 0 bridgehead atoms. The van der Waals surface area contributed by atoms with Crippen LogP contribution in [0.2, 0.25) is 10.0 Å². The summed E-state index contributed by atoms with van der Waals surface area (Å²) in [4.78, 5) is 23.6. The number of benzene rings is 1. The van der Waals surface area contributed by atoms with Crippen LogP contribution in [0.1, 0.15) is 23.8 Å². The van der Waals surface area contributed by atoms with Crippen LogP contribution in [0.5, 0.6) is 0 Å². The molecule has 146 valence electrons. The Hall–Kier alpha value is -1.54. The smallest absolute Gasteiger partial charge is 0.234 e. The van der Waals surface area contributed by atoms with Crippen molar-refractivity contribution in [2.75, 3.05) is 16.8 Å². The minimum Gasteiger partial charge on any atom is -0.383 e. The van der Waals surface area contributed by atoms with Crippen LogP contribution in [0.25, 0.3) is 10.2 Å². The van der Waals surface area contributed by atoms with Gasteiger partial charge in [-0.05, 0) is 48.9 Å². The molecule has 0 radical (unpaired) electrons. The number of aromatic nitrogens is 2. The summed E-state index contributed by atoms with van der Waals surface area (Å²) in [5.41, 5.74) is 8.06. The van der Waals surface area contributed by atoms with E-state index in [4.69, 9.17) is 28.9 Å². The Morgan fingerprint density at radius 3 is 3.00 bits per heavy atom. The van der Waals surface area contributed by atoms with E-state index in [1.165, 1.54) is 28.6 Å². The van der Waals surface area contributed by atoms with Gasteiger partial charge in [0.1, 0.15) is 10.6 Å². The number of anilines is 2. The maximum Gasteiger partial charge on any atom is 0.234 e. The van der Waals surface area contributed by atoms with Gasteiger partial charge in [-0.2, -0.15) is 0 Å². The predicted molar refractivity (Wildman–Crippen MR) is 119 cm³/mol. The summed E-state index contributed by atoms with van der Waals surface area (Å²) in [5, 5.41) is 5.18. The molecule has 1 aliphatic rings. The first-order valence-corrected chi connectivity index (χ1v) is 11.4. The molecule has 9 heteroatoms. The van der Waals surface area contributed by atoms with Crippen molar-refractivity contribution < 1.29 is 4.79 Å². The zero-order chi connectivity index (χ0) is 19.8. The summed E-state index contributed by atoms with van der Waals surface area (Å²) in [6, 6.07) is 4.93. The van der Waals surface area contributed by atoms with Crippen molar-refractivity contribution >= 4 is 73.9 Å². The number of nitrogens with zero attached hydrogens (tertiary/aromatic N) is 2. The minimum absolute atomic E-state index is 0.159. The highest BCUT2D eigenvalue weighted by molar-refractivity contribution is 7.99. The molecule has 0 unspecified atom stereocenters. The third-order valence-corrected chi connectivity index (χ3v) is 7.24. The average molecular weight is 453 g/mol. The second-order valence-corrected chi connectivity index (χ2v) is 9.75. The Morgan fingerprint density at radius 1 is 1.39 bits per heavy atom. The molecule has 0 fully saturated rings. The topological polar surface area (TPSA) is 80.9 Å². The molecule has 1 aliphatic carbocycles. The highest BCUT2D eigenvalue weighted by Crippen LogP contribution is 2.40. The van der Waals surface area contributed by atoms with Gasteiger partial charge in [-0.3, -0.25) is 4.79 Å². The van der Waals surface area contributed by atoms with Crippen molar-refractivity contribution in [3.05, 3.63) is 38.7 Å². The molecule has 0 spiro atoms. The van der Waals surface area contributed by atoms with Gasteiger partial charge in [0.05, 0.1) is 21.8 Å². The SMILES string of the molecule is C[C@@H]1CCc2c(sc3nc(SCC(=O)Nc4ccc(Cl)cc4Cl)nc(N)c23)C1. The van der Waals surface area contributed by atoms with Crippen molar-refractivity contribution in [1.29, 1.82) is 0 Å². The van der Waals surface area contributed by atoms with Gasteiger partial charge in [-0.15, -0.1) is 11.3 Å². The van der Waals surface area contributed by atoms with Gasteiger partial charge in [0, 0.05) is 9.90 Å². The number of thioether (sulfide) groups is 1. The molecule has 3 N–H and O–H groups in total. The number of amides is 1. The zero-order valence-corrected chi connectivity index (χ0v) is 18.2. The molecular weight excluding hydrogens is 435 g/mol. The lowest BCUT2D eigenvalue weighted by Crippen LogP contribution is -2.14. The molecule has 2 heterocycles. The molecule has 0 saturated heterocycles. The Bertz CT molecular complexity index is 1070. The number of halogens is 2. The Labute approximate surface area is 181 Å². The number of nitrogen functional groups attached to an aromatic ring is 1. The van der Waals surface area contributed by atoms with E-state index >= 15 is 0 Å². The van der Waals surface area contributed by atoms with Gasteiger partial charge in [0.2, 0.25) is 5.91 Å². The molecule has 1 amide bonds. The maximum atomic E-state index is 12.3. The Kier molecular flexibility index (Phi) is 5.69. The molecule has 5 nitrogen and oxygen atoms in total. The van der Waals surface area contributed by atoms with Gasteiger partial charge < -0.3 is 11.1 Å². The monoisotopic (exact) mass is 452 g/mol. The largest absolute Gasteiger partial charge is 0.383 e. The summed E-state index contributed by atoms with van der Waals surface area (Å²) in [6.07, 6.45) is 3.27. The maximum absolute atomic E-state index is 12.3. The quantitative estimate of drug-likeness (QED) is 0.406. The summed E-state index contributed by atoms with van der Waals surface area (Å²) < 4.78 is 0. The molecule has 1 atom stereocenters. The fraction of sp³-hybridized carbons (Fsp3) is 0.316. The van der Waals surface area contributed by atoms with E-state index in [0.29, 0.717) is 32.6 Å². The highest BCUT2D eigenvalue weighted by atomic mass is 35.5. The van der Waals surface area contributed by atoms with E-state index in [0.717, 1.165) is 23.1 Å². The first kappa shape index (κ1) is 19.8. The number of thiophene rings is 1. The predicted octanol–water partition coefficient (Wildman–Crippen LogP) is 5.44. The van der Waals surface area contributed by atoms with Crippen LogP contribution in [-0.4, -0.2) is 21.6 Å².